The van der Waals surface area contributed by atoms with Crippen LogP contribution >= 0.6 is 0 Å². The molecular weight excluding hydrogens is 366 g/mol. The first-order valence-electron chi connectivity index (χ1n) is 11.2. The number of hydrogen-bond acceptors (Lipinski definition) is 3. The molecule has 1 atom stereocenters. The van der Waals surface area contributed by atoms with Crippen LogP contribution in [0.3, 0.4) is 0 Å². The third-order valence-corrected chi connectivity index (χ3v) is 6.61. The second kappa shape index (κ2) is 8.97. The monoisotopic (exact) mass is 397 g/mol. The van der Waals surface area contributed by atoms with Gasteiger partial charge in [0.05, 0.1) is 0 Å². The van der Waals surface area contributed by atoms with Crippen molar-refractivity contribution >= 4 is 18.0 Å². The number of hydrogen-bond donors (Lipinski definition) is 1. The molecule has 1 heterocycles. The van der Waals surface area contributed by atoms with E-state index < -0.39 is 18.1 Å². The molecule has 5 amide bonds. The van der Waals surface area contributed by atoms with Gasteiger partial charge in [0.25, 0.3) is 5.91 Å². The predicted octanol–water partition coefficient (Wildman–Crippen LogP) is 4.24. The summed E-state index contributed by atoms with van der Waals surface area (Å²) >= 11 is 0. The van der Waals surface area contributed by atoms with Gasteiger partial charge in [-0.1, -0.05) is 68.9 Å². The molecule has 6 nitrogen and oxygen atoms in total. The van der Waals surface area contributed by atoms with Crippen molar-refractivity contribution in [3.63, 3.8) is 0 Å². The Balaban J connectivity index is 1.56. The predicted molar refractivity (Wildman–Crippen MR) is 110 cm³/mol. The zero-order chi connectivity index (χ0) is 20.2. The smallest absolute Gasteiger partial charge is 0.335 e. The van der Waals surface area contributed by atoms with Crippen molar-refractivity contribution in [1.82, 2.24) is 15.1 Å². The highest BCUT2D eigenvalue weighted by Crippen LogP contribution is 2.30. The SMILES string of the molecule is O=C1[C@H](Cc2ccccc2)N(C(=O)NC2CCCCC2)C(=O)N1C1CCCCC1. The van der Waals surface area contributed by atoms with Crippen molar-refractivity contribution in [2.24, 2.45) is 0 Å². The van der Waals surface area contributed by atoms with E-state index in [0.29, 0.717) is 6.42 Å². The van der Waals surface area contributed by atoms with Gasteiger partial charge in [-0.2, -0.15) is 0 Å². The molecular formula is C23H31N3O3. The fraction of sp³-hybridized carbons (Fsp3) is 0.609. The van der Waals surface area contributed by atoms with Crippen LogP contribution in [0.15, 0.2) is 30.3 Å². The van der Waals surface area contributed by atoms with Crippen molar-refractivity contribution in [3.8, 4) is 0 Å². The van der Waals surface area contributed by atoms with Gasteiger partial charge in [-0.15, -0.1) is 0 Å². The van der Waals surface area contributed by atoms with Crippen molar-refractivity contribution in [1.29, 1.82) is 0 Å². The molecule has 1 aromatic carbocycles. The summed E-state index contributed by atoms with van der Waals surface area (Å²) in [6, 6.07) is 8.07. The van der Waals surface area contributed by atoms with Crippen LogP contribution in [-0.2, 0) is 11.2 Å². The van der Waals surface area contributed by atoms with Gasteiger partial charge < -0.3 is 5.32 Å². The number of nitrogens with zero attached hydrogens (tertiary/aromatic N) is 2. The van der Waals surface area contributed by atoms with E-state index in [4.69, 9.17) is 0 Å². The summed E-state index contributed by atoms with van der Waals surface area (Å²) in [5, 5.41) is 3.04. The molecule has 0 aromatic heterocycles. The van der Waals surface area contributed by atoms with Gasteiger partial charge in [-0.05, 0) is 31.2 Å². The van der Waals surface area contributed by atoms with Crippen molar-refractivity contribution < 1.29 is 14.4 Å². The van der Waals surface area contributed by atoms with Crippen LogP contribution in [0, 0.1) is 0 Å². The van der Waals surface area contributed by atoms with E-state index in [2.05, 4.69) is 5.32 Å². The van der Waals surface area contributed by atoms with E-state index in [1.807, 2.05) is 30.3 Å². The number of nitrogens with one attached hydrogen (secondary N) is 1. The quantitative estimate of drug-likeness (QED) is 0.773. The van der Waals surface area contributed by atoms with Gasteiger partial charge in [-0.25, -0.2) is 14.5 Å². The summed E-state index contributed by atoms with van der Waals surface area (Å²) < 4.78 is 0. The average Bonchev–Trinajstić information content (AvgIpc) is 2.99. The Morgan fingerprint density at radius 3 is 2.17 bits per heavy atom. The van der Waals surface area contributed by atoms with Gasteiger partial charge in [0.1, 0.15) is 6.04 Å². The van der Waals surface area contributed by atoms with Crippen molar-refractivity contribution in [3.05, 3.63) is 35.9 Å². The Hall–Kier alpha value is -2.37. The maximum atomic E-state index is 13.3. The Kier molecular flexibility index (Phi) is 6.16. The number of rotatable bonds is 4. The molecule has 0 bridgehead atoms. The molecule has 0 spiro atoms. The number of imide groups is 2. The molecule has 2 saturated carbocycles. The van der Waals surface area contributed by atoms with E-state index in [-0.39, 0.29) is 18.0 Å². The zero-order valence-corrected chi connectivity index (χ0v) is 17.0. The summed E-state index contributed by atoms with van der Waals surface area (Å²) in [6.45, 7) is 0. The lowest BCUT2D eigenvalue weighted by Gasteiger charge is -2.29. The fourth-order valence-corrected chi connectivity index (χ4v) is 5.03. The van der Waals surface area contributed by atoms with Crippen LogP contribution in [0.5, 0.6) is 0 Å². The van der Waals surface area contributed by atoms with Crippen molar-refractivity contribution in [2.75, 3.05) is 0 Å². The third-order valence-electron chi connectivity index (χ3n) is 6.61. The van der Waals surface area contributed by atoms with Crippen molar-refractivity contribution in [2.45, 2.75) is 88.8 Å². The second-order valence-corrected chi connectivity index (χ2v) is 8.64. The molecule has 29 heavy (non-hydrogen) atoms. The summed E-state index contributed by atoms with van der Waals surface area (Å²) in [5.41, 5.74) is 0.958. The average molecular weight is 398 g/mol. The Morgan fingerprint density at radius 1 is 0.897 bits per heavy atom. The lowest BCUT2D eigenvalue weighted by atomic mass is 9.94. The van der Waals surface area contributed by atoms with Crippen LogP contribution in [0.1, 0.15) is 69.8 Å². The standard InChI is InChI=1S/C23H31N3O3/c27-21-20(16-17-10-4-1-5-11-17)26(22(28)24-18-12-6-2-7-13-18)23(29)25(21)19-14-8-3-9-15-19/h1,4-5,10-11,18-20H,2-3,6-9,12-16H2,(H,24,28)/t20-/m0/s1. The first-order valence-corrected chi connectivity index (χ1v) is 11.2. The number of benzene rings is 1. The minimum Gasteiger partial charge on any atom is -0.335 e. The molecule has 3 fully saturated rings. The molecule has 2 aliphatic carbocycles. The summed E-state index contributed by atoms with van der Waals surface area (Å²) in [5.74, 6) is -0.218. The Labute approximate surface area is 172 Å². The Bertz CT molecular complexity index is 739. The van der Waals surface area contributed by atoms with Crippen LogP contribution in [0.4, 0.5) is 9.59 Å². The van der Waals surface area contributed by atoms with Crippen LogP contribution in [-0.4, -0.2) is 45.9 Å². The fourth-order valence-electron chi connectivity index (χ4n) is 5.03. The first kappa shape index (κ1) is 19.9. The van der Waals surface area contributed by atoms with Gasteiger partial charge in [0, 0.05) is 18.5 Å². The van der Waals surface area contributed by atoms with E-state index in [9.17, 15) is 14.4 Å². The molecule has 0 radical (unpaired) electrons. The number of urea groups is 2. The molecule has 6 heteroatoms. The molecule has 1 N–H and O–H groups in total. The van der Waals surface area contributed by atoms with Crippen LogP contribution in [0.2, 0.25) is 0 Å². The molecule has 0 unspecified atom stereocenters. The maximum absolute atomic E-state index is 13.3. The lowest BCUT2D eigenvalue weighted by molar-refractivity contribution is -0.130. The second-order valence-electron chi connectivity index (χ2n) is 8.64. The normalized spacial score (nSPS) is 24.2. The van der Waals surface area contributed by atoms with Crippen LogP contribution in [0.25, 0.3) is 0 Å². The van der Waals surface area contributed by atoms with E-state index in [0.717, 1.165) is 63.4 Å². The topological polar surface area (TPSA) is 69.7 Å². The summed E-state index contributed by atoms with van der Waals surface area (Å²) in [7, 11) is 0. The van der Waals surface area contributed by atoms with E-state index in [1.165, 1.54) is 16.2 Å². The molecule has 1 saturated heterocycles. The van der Waals surface area contributed by atoms with Gasteiger partial charge >= 0.3 is 12.1 Å². The molecule has 1 aliphatic heterocycles. The lowest BCUT2D eigenvalue weighted by Crippen LogP contribution is -2.51. The molecule has 3 aliphatic rings. The number of carbonyl (C=O) groups excluding carboxylic acids is 3. The maximum Gasteiger partial charge on any atom is 0.335 e. The highest BCUT2D eigenvalue weighted by atomic mass is 16.2. The highest BCUT2D eigenvalue weighted by molar-refractivity contribution is 6.11. The van der Waals surface area contributed by atoms with Gasteiger partial charge in [0.2, 0.25) is 0 Å². The van der Waals surface area contributed by atoms with Gasteiger partial charge in [0.15, 0.2) is 0 Å². The number of amides is 5. The van der Waals surface area contributed by atoms with E-state index in [1.54, 1.807) is 0 Å². The summed E-state index contributed by atoms with van der Waals surface area (Å²) in [4.78, 5) is 42.3. The minimum absolute atomic E-state index is 0.0745. The van der Waals surface area contributed by atoms with Gasteiger partial charge in [-0.3, -0.25) is 9.69 Å². The summed E-state index contributed by atoms with van der Waals surface area (Å²) in [6.07, 6.45) is 10.5. The minimum atomic E-state index is -0.754. The molecule has 4 rings (SSSR count). The first-order chi connectivity index (χ1) is 14.1. The zero-order valence-electron chi connectivity index (χ0n) is 17.0. The van der Waals surface area contributed by atoms with E-state index >= 15 is 0 Å². The molecule has 1 aromatic rings. The number of carbonyl (C=O) groups is 3. The third kappa shape index (κ3) is 4.31. The largest absolute Gasteiger partial charge is 0.335 e. The van der Waals surface area contributed by atoms with Crippen LogP contribution < -0.4 is 5.32 Å². The Morgan fingerprint density at radius 2 is 1.52 bits per heavy atom. The highest BCUT2D eigenvalue weighted by Gasteiger charge is 2.51. The molecule has 156 valence electrons.